The van der Waals surface area contributed by atoms with Crippen molar-refractivity contribution in [2.24, 2.45) is 0 Å². The van der Waals surface area contributed by atoms with Crippen LogP contribution in [-0.2, 0) is 0 Å². The summed E-state index contributed by atoms with van der Waals surface area (Å²) in [5.74, 6) is 0. The summed E-state index contributed by atoms with van der Waals surface area (Å²) in [6.07, 6.45) is 0. The standard InChI is InChI=1S/C25H19N/c1-18-9-5-7-13-23(18)26-24-14-8-6-12-21(24)22-17-20(15-16-25(22)26)19-10-3-2-4-11-19/h2-17H,1H3. The second-order valence-corrected chi connectivity index (χ2v) is 6.74. The number of rotatable bonds is 2. The lowest BCUT2D eigenvalue weighted by atomic mass is 10.0. The minimum Gasteiger partial charge on any atom is -0.309 e. The highest BCUT2D eigenvalue weighted by Crippen LogP contribution is 2.35. The minimum atomic E-state index is 1.24. The molecule has 1 heterocycles. The molecule has 0 aliphatic carbocycles. The molecular weight excluding hydrogens is 314 g/mol. The zero-order valence-electron chi connectivity index (χ0n) is 14.7. The molecule has 1 heteroatoms. The molecule has 0 amide bonds. The average molecular weight is 333 g/mol. The van der Waals surface area contributed by atoms with Crippen molar-refractivity contribution in [3.05, 3.63) is 103 Å². The maximum Gasteiger partial charge on any atom is 0.0541 e. The van der Waals surface area contributed by atoms with Crippen molar-refractivity contribution < 1.29 is 0 Å². The molecule has 5 rings (SSSR count). The van der Waals surface area contributed by atoms with Crippen LogP contribution in [0.4, 0.5) is 0 Å². The van der Waals surface area contributed by atoms with Crippen LogP contribution in [0.25, 0.3) is 38.6 Å². The summed E-state index contributed by atoms with van der Waals surface area (Å²) in [6.45, 7) is 2.17. The van der Waals surface area contributed by atoms with Gasteiger partial charge < -0.3 is 4.57 Å². The summed E-state index contributed by atoms with van der Waals surface area (Å²) in [6, 6.07) is 34.7. The number of benzene rings is 4. The van der Waals surface area contributed by atoms with Crippen LogP contribution in [0, 0.1) is 6.92 Å². The monoisotopic (exact) mass is 333 g/mol. The molecule has 124 valence electrons. The molecule has 5 aromatic rings. The van der Waals surface area contributed by atoms with E-state index in [9.17, 15) is 0 Å². The first-order valence-electron chi connectivity index (χ1n) is 8.97. The first-order valence-corrected chi connectivity index (χ1v) is 8.97. The summed E-state index contributed by atoms with van der Waals surface area (Å²) in [5.41, 5.74) is 7.53. The largest absolute Gasteiger partial charge is 0.309 e. The lowest BCUT2D eigenvalue weighted by Gasteiger charge is -2.11. The highest BCUT2D eigenvalue weighted by Gasteiger charge is 2.13. The Morgan fingerprint density at radius 2 is 1.23 bits per heavy atom. The van der Waals surface area contributed by atoms with Gasteiger partial charge in [-0.15, -0.1) is 0 Å². The predicted molar refractivity (Wildman–Crippen MR) is 111 cm³/mol. The van der Waals surface area contributed by atoms with Crippen LogP contribution >= 0.6 is 0 Å². The van der Waals surface area contributed by atoms with Gasteiger partial charge in [0.25, 0.3) is 0 Å². The van der Waals surface area contributed by atoms with Crippen LogP contribution in [0.3, 0.4) is 0 Å². The number of aryl methyl sites for hydroxylation is 1. The van der Waals surface area contributed by atoms with Gasteiger partial charge in [0.05, 0.1) is 11.0 Å². The van der Waals surface area contributed by atoms with Crippen LogP contribution in [0.15, 0.2) is 97.1 Å². The maximum absolute atomic E-state index is 2.38. The summed E-state index contributed by atoms with van der Waals surface area (Å²) >= 11 is 0. The van der Waals surface area contributed by atoms with E-state index in [0.717, 1.165) is 0 Å². The van der Waals surface area contributed by atoms with Gasteiger partial charge in [0.1, 0.15) is 0 Å². The smallest absolute Gasteiger partial charge is 0.0541 e. The van der Waals surface area contributed by atoms with Crippen LogP contribution in [0.5, 0.6) is 0 Å². The van der Waals surface area contributed by atoms with Crippen LogP contribution < -0.4 is 0 Å². The molecule has 1 aromatic heterocycles. The van der Waals surface area contributed by atoms with E-state index in [0.29, 0.717) is 0 Å². The Morgan fingerprint density at radius 3 is 2.08 bits per heavy atom. The Hall–Kier alpha value is -3.32. The van der Waals surface area contributed by atoms with Crippen LogP contribution in [-0.4, -0.2) is 4.57 Å². The predicted octanol–water partition coefficient (Wildman–Crippen LogP) is 6.76. The number of fused-ring (bicyclic) bond motifs is 3. The molecule has 0 saturated heterocycles. The number of aromatic nitrogens is 1. The molecule has 0 N–H and O–H groups in total. The van der Waals surface area contributed by atoms with E-state index in [2.05, 4.69) is 109 Å². The Balaban J connectivity index is 1.87. The van der Waals surface area contributed by atoms with Crippen LogP contribution in [0.2, 0.25) is 0 Å². The third kappa shape index (κ3) is 2.25. The molecule has 0 atom stereocenters. The fraction of sp³-hybridized carbons (Fsp3) is 0.0400. The topological polar surface area (TPSA) is 4.93 Å². The van der Waals surface area contributed by atoms with Gasteiger partial charge in [0, 0.05) is 16.5 Å². The lowest BCUT2D eigenvalue weighted by molar-refractivity contribution is 1.15. The van der Waals surface area contributed by atoms with E-state index in [4.69, 9.17) is 0 Å². The normalized spacial score (nSPS) is 11.3. The van der Waals surface area contributed by atoms with Gasteiger partial charge in [-0.05, 0) is 47.9 Å². The van der Waals surface area contributed by atoms with Gasteiger partial charge in [-0.2, -0.15) is 0 Å². The van der Waals surface area contributed by atoms with E-state index in [1.165, 1.54) is 44.2 Å². The molecule has 0 unspecified atom stereocenters. The second-order valence-electron chi connectivity index (χ2n) is 6.74. The second kappa shape index (κ2) is 5.89. The number of hydrogen-bond acceptors (Lipinski definition) is 0. The fourth-order valence-corrected chi connectivity index (χ4v) is 3.86. The van der Waals surface area contributed by atoms with Gasteiger partial charge in [-0.1, -0.05) is 72.8 Å². The van der Waals surface area contributed by atoms with Gasteiger partial charge in [0.15, 0.2) is 0 Å². The molecule has 0 radical (unpaired) electrons. The van der Waals surface area contributed by atoms with E-state index >= 15 is 0 Å². The van der Waals surface area contributed by atoms with Crippen molar-refractivity contribution >= 4 is 21.8 Å². The number of para-hydroxylation sites is 2. The molecule has 1 nitrogen and oxygen atoms in total. The van der Waals surface area contributed by atoms with Crippen molar-refractivity contribution in [3.63, 3.8) is 0 Å². The Kier molecular flexibility index (Phi) is 3.39. The van der Waals surface area contributed by atoms with Gasteiger partial charge in [0.2, 0.25) is 0 Å². The first-order chi connectivity index (χ1) is 12.8. The maximum atomic E-state index is 2.38. The third-order valence-corrected chi connectivity index (χ3v) is 5.14. The number of nitrogens with zero attached hydrogens (tertiary/aromatic N) is 1. The van der Waals surface area contributed by atoms with Crippen LogP contribution in [0.1, 0.15) is 5.56 Å². The van der Waals surface area contributed by atoms with E-state index < -0.39 is 0 Å². The Bertz CT molecular complexity index is 1230. The quantitative estimate of drug-likeness (QED) is 0.336. The highest BCUT2D eigenvalue weighted by molar-refractivity contribution is 6.10. The van der Waals surface area contributed by atoms with Gasteiger partial charge in [-0.3, -0.25) is 0 Å². The first kappa shape index (κ1) is 15.0. The summed E-state index contributed by atoms with van der Waals surface area (Å²) < 4.78 is 2.38. The van der Waals surface area contributed by atoms with Gasteiger partial charge in [-0.25, -0.2) is 0 Å². The van der Waals surface area contributed by atoms with Gasteiger partial charge >= 0.3 is 0 Å². The average Bonchev–Trinajstić information content (AvgIpc) is 3.03. The molecular formula is C25H19N. The van der Waals surface area contributed by atoms with Crippen molar-refractivity contribution in [2.45, 2.75) is 6.92 Å². The van der Waals surface area contributed by atoms with E-state index in [1.807, 2.05) is 0 Å². The van der Waals surface area contributed by atoms with Crippen molar-refractivity contribution in [1.82, 2.24) is 4.57 Å². The lowest BCUT2D eigenvalue weighted by Crippen LogP contribution is -1.96. The van der Waals surface area contributed by atoms with E-state index in [1.54, 1.807) is 0 Å². The minimum absolute atomic E-state index is 1.24. The molecule has 0 aliphatic heterocycles. The molecule has 0 spiro atoms. The Labute approximate surface area is 153 Å². The molecule has 0 aliphatic rings. The molecule has 0 saturated carbocycles. The summed E-state index contributed by atoms with van der Waals surface area (Å²) in [5, 5.41) is 2.59. The molecule has 0 fully saturated rings. The molecule has 4 aromatic carbocycles. The van der Waals surface area contributed by atoms with Crippen molar-refractivity contribution in [2.75, 3.05) is 0 Å². The summed E-state index contributed by atoms with van der Waals surface area (Å²) in [7, 11) is 0. The molecule has 0 bridgehead atoms. The fourth-order valence-electron chi connectivity index (χ4n) is 3.86. The molecule has 26 heavy (non-hydrogen) atoms. The third-order valence-electron chi connectivity index (χ3n) is 5.14. The Morgan fingerprint density at radius 1 is 0.538 bits per heavy atom. The zero-order chi connectivity index (χ0) is 17.5. The highest BCUT2D eigenvalue weighted by atomic mass is 15.0. The van der Waals surface area contributed by atoms with Crippen molar-refractivity contribution in [1.29, 1.82) is 0 Å². The number of hydrogen-bond donors (Lipinski definition) is 0. The SMILES string of the molecule is Cc1ccccc1-n1c2ccccc2c2cc(-c3ccccc3)ccc21. The summed E-state index contributed by atoms with van der Waals surface area (Å²) in [4.78, 5) is 0. The zero-order valence-corrected chi connectivity index (χ0v) is 14.7. The van der Waals surface area contributed by atoms with E-state index in [-0.39, 0.29) is 0 Å². The van der Waals surface area contributed by atoms with Crippen molar-refractivity contribution in [3.8, 4) is 16.8 Å².